The fourth-order valence-electron chi connectivity index (χ4n) is 3.95. The molecule has 0 radical (unpaired) electrons. The zero-order valence-corrected chi connectivity index (χ0v) is 21.0. The Balaban J connectivity index is 1.27. The molecular weight excluding hydrogens is 486 g/mol. The van der Waals surface area contributed by atoms with Gasteiger partial charge in [0.1, 0.15) is 5.75 Å². The zero-order chi connectivity index (χ0) is 24.8. The minimum Gasteiger partial charge on any atom is -0.484 e. The predicted molar refractivity (Wildman–Crippen MR) is 137 cm³/mol. The summed E-state index contributed by atoms with van der Waals surface area (Å²) in [7, 11) is -3.70. The van der Waals surface area contributed by atoms with Gasteiger partial charge in [0.05, 0.1) is 4.90 Å². The Kier molecular flexibility index (Phi) is 7.95. The molecule has 1 amide bonds. The molecule has 0 bridgehead atoms. The highest BCUT2D eigenvalue weighted by atomic mass is 35.5. The Morgan fingerprint density at radius 3 is 2.31 bits per heavy atom. The number of carbonyl (C=O) groups is 1. The first-order valence-corrected chi connectivity index (χ1v) is 13.3. The van der Waals surface area contributed by atoms with Gasteiger partial charge in [-0.3, -0.25) is 4.79 Å². The van der Waals surface area contributed by atoms with E-state index in [1.807, 2.05) is 54.6 Å². The Labute approximate surface area is 211 Å². The molecule has 3 aromatic carbocycles. The van der Waals surface area contributed by atoms with Gasteiger partial charge in [-0.25, -0.2) is 13.1 Å². The Bertz CT molecular complexity index is 1250. The average Bonchev–Trinajstić information content (AvgIpc) is 2.88. The number of anilines is 1. The summed E-state index contributed by atoms with van der Waals surface area (Å²) < 4.78 is 33.8. The molecule has 1 N–H and O–H groups in total. The summed E-state index contributed by atoms with van der Waals surface area (Å²) in [6.45, 7) is 4.31. The van der Waals surface area contributed by atoms with Crippen molar-refractivity contribution in [3.05, 3.63) is 89.4 Å². The highest BCUT2D eigenvalue weighted by Crippen LogP contribution is 2.22. The van der Waals surface area contributed by atoms with Gasteiger partial charge in [0, 0.05) is 42.9 Å². The molecule has 0 aliphatic carbocycles. The van der Waals surface area contributed by atoms with E-state index in [0.29, 0.717) is 37.0 Å². The van der Waals surface area contributed by atoms with Crippen molar-refractivity contribution in [2.45, 2.75) is 17.9 Å². The fraction of sp³-hybridized carbons (Fsp3) is 0.269. The highest BCUT2D eigenvalue weighted by molar-refractivity contribution is 7.89. The van der Waals surface area contributed by atoms with Gasteiger partial charge in [-0.1, -0.05) is 48.0 Å². The molecule has 184 valence electrons. The van der Waals surface area contributed by atoms with Crippen LogP contribution in [-0.2, 0) is 14.8 Å². The van der Waals surface area contributed by atoms with E-state index in [9.17, 15) is 13.2 Å². The molecule has 1 heterocycles. The summed E-state index contributed by atoms with van der Waals surface area (Å²) in [5.41, 5.74) is 1.92. The molecular formula is C26H28ClN3O4S. The van der Waals surface area contributed by atoms with E-state index in [4.69, 9.17) is 16.3 Å². The summed E-state index contributed by atoms with van der Waals surface area (Å²) in [4.78, 5) is 16.7. The Hall–Kier alpha value is -3.07. The predicted octanol–water partition coefficient (Wildman–Crippen LogP) is 4.11. The number of rotatable bonds is 8. The summed E-state index contributed by atoms with van der Waals surface area (Å²) in [6.07, 6.45) is 0. The third-order valence-corrected chi connectivity index (χ3v) is 7.73. The van der Waals surface area contributed by atoms with Crippen molar-refractivity contribution in [3.8, 4) is 5.75 Å². The maximum absolute atomic E-state index is 12.7. The van der Waals surface area contributed by atoms with E-state index in [2.05, 4.69) is 9.62 Å². The maximum atomic E-state index is 12.7. The van der Waals surface area contributed by atoms with Crippen LogP contribution in [0.3, 0.4) is 0 Å². The standard InChI is InChI=1S/C26H28ClN3O4S/c1-20(21-6-3-2-4-7-21)28-35(32,33)25-12-10-24(11-13-25)34-19-26(31)30-16-14-29(15-17-30)23-9-5-8-22(27)18-23/h2-13,18,20,28H,14-17,19H2,1H3/t20-/m0/s1. The van der Waals surface area contributed by atoms with Gasteiger partial charge in [-0.15, -0.1) is 0 Å². The number of carbonyl (C=O) groups excluding carboxylic acids is 1. The second-order valence-electron chi connectivity index (χ2n) is 8.36. The smallest absolute Gasteiger partial charge is 0.260 e. The number of hydrogen-bond donors (Lipinski definition) is 1. The van der Waals surface area contributed by atoms with Gasteiger partial charge < -0.3 is 14.5 Å². The Morgan fingerprint density at radius 2 is 1.66 bits per heavy atom. The topological polar surface area (TPSA) is 78.9 Å². The van der Waals surface area contributed by atoms with Crippen LogP contribution in [0.1, 0.15) is 18.5 Å². The van der Waals surface area contributed by atoms with Crippen molar-refractivity contribution in [1.29, 1.82) is 0 Å². The van der Waals surface area contributed by atoms with Crippen molar-refractivity contribution in [3.63, 3.8) is 0 Å². The molecule has 9 heteroatoms. The van der Waals surface area contributed by atoms with E-state index in [1.165, 1.54) is 12.1 Å². The number of amides is 1. The molecule has 1 aliphatic rings. The molecule has 1 atom stereocenters. The van der Waals surface area contributed by atoms with Gasteiger partial charge >= 0.3 is 0 Å². The minimum absolute atomic E-state index is 0.105. The lowest BCUT2D eigenvalue weighted by Crippen LogP contribution is -2.50. The SMILES string of the molecule is C[C@H](NS(=O)(=O)c1ccc(OCC(=O)N2CCN(c3cccc(Cl)c3)CC2)cc1)c1ccccc1. The van der Waals surface area contributed by atoms with Gasteiger partial charge in [0.2, 0.25) is 10.0 Å². The van der Waals surface area contributed by atoms with E-state index in [-0.39, 0.29) is 23.5 Å². The number of nitrogens with one attached hydrogen (secondary N) is 1. The molecule has 0 aromatic heterocycles. The maximum Gasteiger partial charge on any atom is 0.260 e. The van der Waals surface area contributed by atoms with Crippen molar-refractivity contribution in [1.82, 2.24) is 9.62 Å². The van der Waals surface area contributed by atoms with Crippen molar-refractivity contribution in [2.24, 2.45) is 0 Å². The number of benzene rings is 3. The van der Waals surface area contributed by atoms with E-state index in [0.717, 1.165) is 11.3 Å². The molecule has 0 unspecified atom stereocenters. The van der Waals surface area contributed by atoms with Crippen LogP contribution in [0.25, 0.3) is 0 Å². The number of sulfonamides is 1. The summed E-state index contributed by atoms with van der Waals surface area (Å²) in [5, 5.41) is 0.690. The fourth-order valence-corrected chi connectivity index (χ4v) is 5.37. The van der Waals surface area contributed by atoms with Crippen LogP contribution < -0.4 is 14.4 Å². The van der Waals surface area contributed by atoms with Crippen LogP contribution in [0.2, 0.25) is 5.02 Å². The number of halogens is 1. The van der Waals surface area contributed by atoms with E-state index >= 15 is 0 Å². The van der Waals surface area contributed by atoms with Gasteiger partial charge in [-0.05, 0) is 55.0 Å². The highest BCUT2D eigenvalue weighted by Gasteiger charge is 2.22. The number of piperazine rings is 1. The number of ether oxygens (including phenoxy) is 1. The average molecular weight is 514 g/mol. The van der Waals surface area contributed by atoms with Crippen LogP contribution in [0.5, 0.6) is 5.75 Å². The molecule has 1 aliphatic heterocycles. The third kappa shape index (κ3) is 6.54. The molecule has 4 rings (SSSR count). The second kappa shape index (κ2) is 11.1. The van der Waals surface area contributed by atoms with Crippen LogP contribution in [0, 0.1) is 0 Å². The lowest BCUT2D eigenvalue weighted by Gasteiger charge is -2.36. The summed E-state index contributed by atoms with van der Waals surface area (Å²) >= 11 is 6.08. The largest absolute Gasteiger partial charge is 0.484 e. The molecule has 3 aromatic rings. The molecule has 35 heavy (non-hydrogen) atoms. The molecule has 0 saturated carbocycles. The van der Waals surface area contributed by atoms with Crippen LogP contribution in [0.4, 0.5) is 5.69 Å². The van der Waals surface area contributed by atoms with Gasteiger partial charge in [-0.2, -0.15) is 0 Å². The quantitative estimate of drug-likeness (QED) is 0.490. The molecule has 7 nitrogen and oxygen atoms in total. The minimum atomic E-state index is -3.70. The van der Waals surface area contributed by atoms with Gasteiger partial charge in [0.15, 0.2) is 6.61 Å². The van der Waals surface area contributed by atoms with Crippen LogP contribution in [-0.4, -0.2) is 52.0 Å². The third-order valence-electron chi connectivity index (χ3n) is 5.93. The van der Waals surface area contributed by atoms with E-state index in [1.54, 1.807) is 24.0 Å². The van der Waals surface area contributed by atoms with Crippen LogP contribution in [0.15, 0.2) is 83.8 Å². The molecule has 1 fully saturated rings. The monoisotopic (exact) mass is 513 g/mol. The first kappa shape index (κ1) is 25.0. The summed E-state index contributed by atoms with van der Waals surface area (Å²) in [5.74, 6) is 0.330. The first-order chi connectivity index (χ1) is 16.8. The number of hydrogen-bond acceptors (Lipinski definition) is 5. The lowest BCUT2D eigenvalue weighted by atomic mass is 10.1. The normalized spacial score (nSPS) is 15.0. The van der Waals surface area contributed by atoms with Gasteiger partial charge in [0.25, 0.3) is 5.91 Å². The second-order valence-corrected chi connectivity index (χ2v) is 10.5. The van der Waals surface area contributed by atoms with E-state index < -0.39 is 10.0 Å². The van der Waals surface area contributed by atoms with Crippen molar-refractivity contribution in [2.75, 3.05) is 37.7 Å². The lowest BCUT2D eigenvalue weighted by molar-refractivity contribution is -0.133. The number of nitrogens with zero attached hydrogens (tertiary/aromatic N) is 2. The first-order valence-electron chi connectivity index (χ1n) is 11.4. The molecule has 1 saturated heterocycles. The zero-order valence-electron chi connectivity index (χ0n) is 19.4. The summed E-state index contributed by atoms with van der Waals surface area (Å²) in [6, 6.07) is 22.8. The van der Waals surface area contributed by atoms with Crippen molar-refractivity contribution < 1.29 is 17.9 Å². The van der Waals surface area contributed by atoms with Crippen molar-refractivity contribution >= 4 is 33.2 Å². The van der Waals surface area contributed by atoms with Crippen LogP contribution >= 0.6 is 11.6 Å². The molecule has 0 spiro atoms. The Morgan fingerprint density at radius 1 is 0.971 bits per heavy atom.